The molecule has 0 heterocycles. The third-order valence-electron chi connectivity index (χ3n) is 5.21. The first kappa shape index (κ1) is 39.0. The van der Waals surface area contributed by atoms with Gasteiger partial charge in [-0.1, -0.05) is 53.7 Å². The van der Waals surface area contributed by atoms with E-state index in [1.807, 2.05) is 48.5 Å². The average molecular weight is 634 g/mol. The van der Waals surface area contributed by atoms with E-state index in [2.05, 4.69) is 51.5 Å². The summed E-state index contributed by atoms with van der Waals surface area (Å²) in [5.74, 6) is -1.73. The van der Waals surface area contributed by atoms with E-state index in [0.717, 1.165) is 38.1 Å². The van der Waals surface area contributed by atoms with E-state index in [9.17, 15) is 10.2 Å². The first-order valence-corrected chi connectivity index (χ1v) is 13.5. The van der Waals surface area contributed by atoms with Crippen molar-refractivity contribution in [1.82, 2.24) is 0 Å². The third-order valence-corrected chi connectivity index (χ3v) is 5.21. The molecule has 0 aliphatic carbocycles. The molecule has 0 bridgehead atoms. The van der Waals surface area contributed by atoms with Crippen molar-refractivity contribution in [1.29, 1.82) is 0 Å². The molecule has 0 saturated carbocycles. The Morgan fingerprint density at radius 1 is 0.651 bits per heavy atom. The molecule has 8 nitrogen and oxygen atoms in total. The molecule has 0 amide bonds. The van der Waals surface area contributed by atoms with Crippen LogP contribution in [0.5, 0.6) is 11.5 Å². The molecule has 0 saturated heterocycles. The van der Waals surface area contributed by atoms with Gasteiger partial charge in [0.15, 0.2) is 0 Å². The summed E-state index contributed by atoms with van der Waals surface area (Å²) in [6, 6.07) is 18.9. The van der Waals surface area contributed by atoms with Gasteiger partial charge in [0.2, 0.25) is 0 Å². The Balaban J connectivity index is 0.00000174. The number of aliphatic imine (C=N–C) groups is 2. The normalized spacial score (nSPS) is 11.2. The van der Waals surface area contributed by atoms with Gasteiger partial charge >= 0.3 is 16.8 Å². The van der Waals surface area contributed by atoms with Crippen molar-refractivity contribution in [3.63, 3.8) is 0 Å². The van der Waals surface area contributed by atoms with Crippen LogP contribution in [0.25, 0.3) is 0 Å². The van der Waals surface area contributed by atoms with Crippen LogP contribution in [-0.2, 0) is 39.2 Å². The zero-order valence-electron chi connectivity index (χ0n) is 26.1. The third kappa shape index (κ3) is 18.2. The molecule has 0 aromatic heterocycles. The molecule has 3 aromatic carbocycles. The molecule has 0 aliphatic heterocycles. The van der Waals surface area contributed by atoms with Gasteiger partial charge in [-0.15, -0.1) is 0 Å². The summed E-state index contributed by atoms with van der Waals surface area (Å²) >= 11 is 0. The van der Waals surface area contributed by atoms with Crippen LogP contribution < -0.4 is 10.2 Å². The van der Waals surface area contributed by atoms with Gasteiger partial charge < -0.3 is 30.0 Å². The minimum atomic E-state index is -1.08. The Hall–Kier alpha value is -3.95. The van der Waals surface area contributed by atoms with Gasteiger partial charge in [0.05, 0.1) is 11.4 Å². The predicted molar refractivity (Wildman–Crippen MR) is 165 cm³/mol. The van der Waals surface area contributed by atoms with Crippen LogP contribution in [0.2, 0.25) is 0 Å². The monoisotopic (exact) mass is 633 g/mol. The molecule has 1 radical (unpaired) electrons. The standard InChI is InChI=1S/C30H36N2O2.2C2H4O2.Co/c1-29(2,3)17-21-7-13-27(33)23(15-21)19-31-25-9-11-26(12-10-25)32-20-24-16-22(8-14-28(24)34)18-30(4,5)6;2*1-2(3)4;/h7-16,19-20,33-34H,17-18H2,1-6H3;2*1H3,(H,3,4);/q;;;+2/p-2. The van der Waals surface area contributed by atoms with Gasteiger partial charge in [0, 0.05) is 35.5 Å². The summed E-state index contributed by atoms with van der Waals surface area (Å²) < 4.78 is 0. The van der Waals surface area contributed by atoms with Crippen LogP contribution in [0.15, 0.2) is 70.6 Å². The molecular formula is C34H42CoN2O6. The van der Waals surface area contributed by atoms with Crippen LogP contribution in [0, 0.1) is 10.8 Å². The van der Waals surface area contributed by atoms with Crippen molar-refractivity contribution < 1.29 is 46.8 Å². The Kier molecular flexibility index (Phi) is 16.2. The summed E-state index contributed by atoms with van der Waals surface area (Å²) in [5, 5.41) is 38.2. The van der Waals surface area contributed by atoms with Crippen LogP contribution in [-0.4, -0.2) is 34.6 Å². The second-order valence-electron chi connectivity index (χ2n) is 12.3. The quantitative estimate of drug-likeness (QED) is 0.353. The summed E-state index contributed by atoms with van der Waals surface area (Å²) in [5.41, 5.74) is 5.64. The SMILES string of the molecule is CC(=O)[O-].CC(=O)[O-].CC(C)(C)Cc1ccc(O)c(C=Nc2ccc(N=Cc3cc(CC(C)(C)C)ccc3O)cc2)c1.[Co+2]. The minimum Gasteiger partial charge on any atom is -0.550 e. The number of carboxylic acids is 2. The maximum Gasteiger partial charge on any atom is 2.00 e. The maximum atomic E-state index is 10.2. The molecule has 0 spiro atoms. The van der Waals surface area contributed by atoms with E-state index >= 15 is 0 Å². The van der Waals surface area contributed by atoms with Crippen LogP contribution in [0.4, 0.5) is 11.4 Å². The van der Waals surface area contributed by atoms with Crippen molar-refractivity contribution in [2.24, 2.45) is 20.8 Å². The molecule has 0 fully saturated rings. The van der Waals surface area contributed by atoms with E-state index in [4.69, 9.17) is 19.8 Å². The van der Waals surface area contributed by atoms with Crippen LogP contribution in [0.3, 0.4) is 0 Å². The summed E-state index contributed by atoms with van der Waals surface area (Å²) in [4.78, 5) is 26.8. The van der Waals surface area contributed by atoms with Crippen molar-refractivity contribution >= 4 is 35.7 Å². The smallest absolute Gasteiger partial charge is 0.550 e. The molecule has 9 heteroatoms. The molecule has 233 valence electrons. The van der Waals surface area contributed by atoms with Gasteiger partial charge in [-0.05, 0) is 97.2 Å². The van der Waals surface area contributed by atoms with E-state index in [1.54, 1.807) is 24.6 Å². The summed E-state index contributed by atoms with van der Waals surface area (Å²) in [6.07, 6.45) is 5.24. The van der Waals surface area contributed by atoms with Gasteiger partial charge in [0.25, 0.3) is 0 Å². The second kappa shape index (κ2) is 17.9. The number of carbonyl (C=O) groups excluding carboxylic acids is 2. The van der Waals surface area contributed by atoms with Crippen LogP contribution >= 0.6 is 0 Å². The van der Waals surface area contributed by atoms with Gasteiger partial charge in [-0.25, -0.2) is 0 Å². The molecule has 0 unspecified atom stereocenters. The molecule has 0 aliphatic rings. The number of carbonyl (C=O) groups is 2. The number of hydrogen-bond acceptors (Lipinski definition) is 8. The zero-order chi connectivity index (χ0) is 32.1. The van der Waals surface area contributed by atoms with E-state index in [1.165, 1.54) is 11.1 Å². The Morgan fingerprint density at radius 3 is 1.19 bits per heavy atom. The number of nitrogens with zero attached hydrogens (tertiary/aromatic N) is 2. The largest absolute Gasteiger partial charge is 2.00 e. The first-order valence-electron chi connectivity index (χ1n) is 13.5. The number of aromatic hydroxyl groups is 2. The molecule has 2 N–H and O–H groups in total. The summed E-state index contributed by atoms with van der Waals surface area (Å²) in [6.45, 7) is 15.1. The Labute approximate surface area is 265 Å². The van der Waals surface area contributed by atoms with Crippen molar-refractivity contribution in [3.05, 3.63) is 82.9 Å². The van der Waals surface area contributed by atoms with E-state index in [0.29, 0.717) is 11.1 Å². The summed E-state index contributed by atoms with van der Waals surface area (Å²) in [7, 11) is 0. The number of phenols is 2. The predicted octanol–water partition coefficient (Wildman–Crippen LogP) is 5.29. The van der Waals surface area contributed by atoms with E-state index < -0.39 is 11.9 Å². The number of benzene rings is 3. The first-order chi connectivity index (χ1) is 19.3. The second-order valence-corrected chi connectivity index (χ2v) is 12.3. The molecular weight excluding hydrogens is 591 g/mol. The van der Waals surface area contributed by atoms with Gasteiger partial charge in [-0.3, -0.25) is 9.98 Å². The minimum absolute atomic E-state index is 0. The average Bonchev–Trinajstić information content (AvgIpc) is 2.83. The molecule has 43 heavy (non-hydrogen) atoms. The fourth-order valence-corrected chi connectivity index (χ4v) is 3.77. The van der Waals surface area contributed by atoms with Gasteiger partial charge in [0.1, 0.15) is 11.5 Å². The van der Waals surface area contributed by atoms with Crippen molar-refractivity contribution in [2.45, 2.75) is 68.2 Å². The number of rotatable bonds is 6. The number of hydrogen-bond donors (Lipinski definition) is 2. The number of phenolic OH excluding ortho intramolecular Hbond substituents is 2. The Bertz CT molecular complexity index is 1270. The molecule has 3 aromatic rings. The zero-order valence-corrected chi connectivity index (χ0v) is 27.1. The fourth-order valence-electron chi connectivity index (χ4n) is 3.77. The van der Waals surface area contributed by atoms with Crippen molar-refractivity contribution in [2.75, 3.05) is 0 Å². The molecule has 3 rings (SSSR count). The number of aliphatic carboxylic acids is 2. The van der Waals surface area contributed by atoms with Gasteiger partial charge in [-0.2, -0.15) is 0 Å². The van der Waals surface area contributed by atoms with Crippen LogP contribution in [0.1, 0.15) is 77.6 Å². The fraction of sp³-hybridized carbons (Fsp3) is 0.353. The topological polar surface area (TPSA) is 145 Å². The van der Waals surface area contributed by atoms with Crippen molar-refractivity contribution in [3.8, 4) is 11.5 Å². The van der Waals surface area contributed by atoms with E-state index in [-0.39, 0.29) is 39.1 Å². The molecule has 0 atom stereocenters. The maximum absolute atomic E-state index is 10.2. The Morgan fingerprint density at radius 2 is 0.930 bits per heavy atom. The number of carboxylic acid groups (broad SMARTS) is 2.